The van der Waals surface area contributed by atoms with E-state index in [1.54, 1.807) is 6.92 Å². The van der Waals surface area contributed by atoms with Crippen molar-refractivity contribution in [3.63, 3.8) is 0 Å². The van der Waals surface area contributed by atoms with Crippen molar-refractivity contribution in [2.45, 2.75) is 112 Å². The van der Waals surface area contributed by atoms with E-state index in [2.05, 4.69) is 5.32 Å². The topological polar surface area (TPSA) is 271 Å². The fraction of sp³-hybridized carbons (Fsp3) is 0.952. The molecule has 3 rings (SSSR count). The molecule has 3 fully saturated rings. The standard InChI is InChI=1S/C21H41N5O10/c1-2-13(29)26-5-11-10(28)4-9(24)20(33-11)35-18-7(22)3-8(23)19(17(18)32)36-21-16(31)14(25)15(30)12(6-27)34-21/h7-12,14-21,27-28,30-32H,2-6,22-25H2,1H3,(H,26,29). The number of carbonyl (C=O) groups is 1. The van der Waals surface area contributed by atoms with Crippen molar-refractivity contribution in [3.05, 3.63) is 0 Å². The molecule has 15 nitrogen and oxygen atoms in total. The molecule has 0 aromatic heterocycles. The average molecular weight is 524 g/mol. The predicted octanol–water partition coefficient (Wildman–Crippen LogP) is -5.73. The Bertz CT molecular complexity index is 723. The van der Waals surface area contributed by atoms with Crippen molar-refractivity contribution in [2.24, 2.45) is 22.9 Å². The fourth-order valence-corrected chi connectivity index (χ4v) is 4.74. The van der Waals surface area contributed by atoms with Gasteiger partial charge in [-0.1, -0.05) is 6.92 Å². The largest absolute Gasteiger partial charge is 0.394 e. The summed E-state index contributed by atoms with van der Waals surface area (Å²) in [5, 5.41) is 54.0. The molecular weight excluding hydrogens is 482 g/mol. The summed E-state index contributed by atoms with van der Waals surface area (Å²) in [6, 6.07) is -3.43. The molecule has 2 heterocycles. The van der Waals surface area contributed by atoms with Gasteiger partial charge in [0, 0.05) is 25.0 Å². The molecule has 14 unspecified atom stereocenters. The van der Waals surface area contributed by atoms with Gasteiger partial charge in [0.15, 0.2) is 12.6 Å². The molecule has 1 aliphatic carbocycles. The second-order valence-corrected chi connectivity index (χ2v) is 9.71. The Morgan fingerprint density at radius 3 is 2.03 bits per heavy atom. The van der Waals surface area contributed by atoms with Gasteiger partial charge in [-0.05, 0) is 12.8 Å². The van der Waals surface area contributed by atoms with E-state index in [9.17, 15) is 30.3 Å². The zero-order chi connectivity index (χ0) is 26.7. The first-order valence-electron chi connectivity index (χ1n) is 12.2. The minimum Gasteiger partial charge on any atom is -0.394 e. The molecule has 1 saturated carbocycles. The Hall–Kier alpha value is -1.05. The Morgan fingerprint density at radius 1 is 0.861 bits per heavy atom. The third-order valence-corrected chi connectivity index (χ3v) is 7.00. The first-order chi connectivity index (χ1) is 17.0. The van der Waals surface area contributed by atoms with Gasteiger partial charge in [0.25, 0.3) is 0 Å². The maximum Gasteiger partial charge on any atom is 0.219 e. The molecule has 0 spiro atoms. The van der Waals surface area contributed by atoms with Crippen molar-refractivity contribution in [2.75, 3.05) is 13.2 Å². The second kappa shape index (κ2) is 12.7. The van der Waals surface area contributed by atoms with E-state index in [-0.39, 0.29) is 31.7 Å². The van der Waals surface area contributed by atoms with Crippen LogP contribution >= 0.6 is 0 Å². The summed E-state index contributed by atoms with van der Waals surface area (Å²) in [5.41, 5.74) is 24.3. The number of carbonyl (C=O) groups excluding carboxylic acids is 1. The summed E-state index contributed by atoms with van der Waals surface area (Å²) in [7, 11) is 0. The van der Waals surface area contributed by atoms with E-state index >= 15 is 0 Å². The van der Waals surface area contributed by atoms with Crippen LogP contribution < -0.4 is 28.3 Å². The number of ether oxygens (including phenoxy) is 4. The molecule has 0 radical (unpaired) electrons. The number of hydrogen-bond acceptors (Lipinski definition) is 14. The van der Waals surface area contributed by atoms with Crippen molar-refractivity contribution in [1.82, 2.24) is 5.32 Å². The van der Waals surface area contributed by atoms with Crippen LogP contribution in [-0.4, -0.2) is 130 Å². The number of aliphatic hydroxyl groups excluding tert-OH is 5. The quantitative estimate of drug-likeness (QED) is 0.142. The number of rotatable bonds is 8. The average Bonchev–Trinajstić information content (AvgIpc) is 2.84. The van der Waals surface area contributed by atoms with E-state index in [0.717, 1.165) is 0 Å². The van der Waals surface area contributed by atoms with Gasteiger partial charge >= 0.3 is 0 Å². The Morgan fingerprint density at radius 2 is 1.44 bits per heavy atom. The van der Waals surface area contributed by atoms with Crippen molar-refractivity contribution in [3.8, 4) is 0 Å². The lowest BCUT2D eigenvalue weighted by Gasteiger charge is -2.47. The first-order valence-corrected chi connectivity index (χ1v) is 12.2. The molecule has 15 heteroatoms. The van der Waals surface area contributed by atoms with Crippen LogP contribution in [0, 0.1) is 0 Å². The fourth-order valence-electron chi connectivity index (χ4n) is 4.74. The highest BCUT2D eigenvalue weighted by molar-refractivity contribution is 5.75. The van der Waals surface area contributed by atoms with Gasteiger partial charge in [0.1, 0.15) is 42.7 Å². The number of nitrogens with one attached hydrogen (secondary N) is 1. The van der Waals surface area contributed by atoms with E-state index in [1.165, 1.54) is 0 Å². The molecule has 0 bridgehead atoms. The van der Waals surface area contributed by atoms with E-state index in [0.29, 0.717) is 0 Å². The zero-order valence-electron chi connectivity index (χ0n) is 20.2. The highest BCUT2D eigenvalue weighted by Gasteiger charge is 2.50. The lowest BCUT2D eigenvalue weighted by atomic mass is 9.84. The van der Waals surface area contributed by atoms with Crippen LogP contribution in [0.15, 0.2) is 0 Å². The van der Waals surface area contributed by atoms with Gasteiger partial charge in [0.05, 0.1) is 24.8 Å². The van der Waals surface area contributed by atoms with E-state index in [1.807, 2.05) is 0 Å². The minimum atomic E-state index is -1.46. The number of hydrogen-bond donors (Lipinski definition) is 10. The van der Waals surface area contributed by atoms with Gasteiger partial charge in [-0.2, -0.15) is 0 Å². The Kier molecular flexibility index (Phi) is 10.4. The molecule has 3 aliphatic rings. The molecule has 2 aliphatic heterocycles. The number of aliphatic hydroxyl groups is 5. The molecule has 14 N–H and O–H groups in total. The Balaban J connectivity index is 1.68. The van der Waals surface area contributed by atoms with E-state index < -0.39 is 92.2 Å². The predicted molar refractivity (Wildman–Crippen MR) is 123 cm³/mol. The lowest BCUT2D eigenvalue weighted by Crippen LogP contribution is -2.68. The van der Waals surface area contributed by atoms with Crippen LogP contribution in [0.2, 0.25) is 0 Å². The molecular formula is C21H41N5O10. The maximum absolute atomic E-state index is 11.6. The normalized spacial score (nSPS) is 47.9. The molecule has 210 valence electrons. The maximum atomic E-state index is 11.6. The molecule has 0 aromatic carbocycles. The zero-order valence-corrected chi connectivity index (χ0v) is 20.2. The van der Waals surface area contributed by atoms with Gasteiger partial charge < -0.3 is 72.7 Å². The number of amides is 1. The third kappa shape index (κ3) is 6.50. The van der Waals surface area contributed by atoms with Crippen LogP contribution in [0.1, 0.15) is 26.2 Å². The highest BCUT2D eigenvalue weighted by atomic mass is 16.7. The minimum absolute atomic E-state index is 0.0470. The summed E-state index contributed by atoms with van der Waals surface area (Å²) >= 11 is 0. The molecule has 14 atom stereocenters. The molecule has 0 aromatic rings. The Labute approximate surface area is 209 Å². The summed E-state index contributed by atoms with van der Waals surface area (Å²) in [4.78, 5) is 11.6. The van der Waals surface area contributed by atoms with E-state index in [4.69, 9.17) is 41.9 Å². The highest BCUT2D eigenvalue weighted by Crippen LogP contribution is 2.30. The lowest BCUT2D eigenvalue weighted by molar-refractivity contribution is -0.315. The van der Waals surface area contributed by atoms with Crippen molar-refractivity contribution >= 4 is 5.91 Å². The summed E-state index contributed by atoms with van der Waals surface area (Å²) in [6.07, 6.45) is -11.1. The molecule has 36 heavy (non-hydrogen) atoms. The second-order valence-electron chi connectivity index (χ2n) is 9.71. The van der Waals surface area contributed by atoms with Crippen LogP contribution in [0.4, 0.5) is 0 Å². The molecule has 1 amide bonds. The van der Waals surface area contributed by atoms with Gasteiger partial charge in [-0.15, -0.1) is 0 Å². The van der Waals surface area contributed by atoms with Crippen LogP contribution in [0.25, 0.3) is 0 Å². The smallest absolute Gasteiger partial charge is 0.219 e. The van der Waals surface area contributed by atoms with Crippen LogP contribution in [0.5, 0.6) is 0 Å². The van der Waals surface area contributed by atoms with Crippen LogP contribution in [0.3, 0.4) is 0 Å². The van der Waals surface area contributed by atoms with Gasteiger partial charge in [-0.3, -0.25) is 4.79 Å². The third-order valence-electron chi connectivity index (χ3n) is 7.00. The van der Waals surface area contributed by atoms with Crippen LogP contribution in [-0.2, 0) is 23.7 Å². The summed E-state index contributed by atoms with van der Waals surface area (Å²) < 4.78 is 23.0. The van der Waals surface area contributed by atoms with Gasteiger partial charge in [0.2, 0.25) is 5.91 Å². The SMILES string of the molecule is CCC(=O)NCC1OC(OC2C(N)CC(N)C(OC3OC(CO)C(O)C(N)C3O)C2O)C(N)CC1O. The summed E-state index contributed by atoms with van der Waals surface area (Å²) in [6.45, 7) is 1.17. The van der Waals surface area contributed by atoms with Gasteiger partial charge in [-0.25, -0.2) is 0 Å². The molecule has 2 saturated heterocycles. The van der Waals surface area contributed by atoms with Crippen molar-refractivity contribution < 1.29 is 49.3 Å². The van der Waals surface area contributed by atoms with Crippen molar-refractivity contribution in [1.29, 1.82) is 0 Å². The summed E-state index contributed by atoms with van der Waals surface area (Å²) in [5.74, 6) is -0.209. The monoisotopic (exact) mass is 523 g/mol. The number of nitrogens with two attached hydrogens (primary N) is 4. The first kappa shape index (κ1) is 29.5.